The molecule has 0 aliphatic carbocycles. The Morgan fingerprint density at radius 1 is 1.00 bits per heavy atom. The molecule has 0 spiro atoms. The monoisotopic (exact) mass is 426 g/mol. The third-order valence-electron chi connectivity index (χ3n) is 5.63. The van der Waals surface area contributed by atoms with E-state index in [2.05, 4.69) is 0 Å². The van der Waals surface area contributed by atoms with E-state index in [-0.39, 0.29) is 16.9 Å². The summed E-state index contributed by atoms with van der Waals surface area (Å²) in [5.41, 5.74) is 2.84. The summed E-state index contributed by atoms with van der Waals surface area (Å²) in [5.74, 6) is -2.42. The highest BCUT2D eigenvalue weighted by molar-refractivity contribution is 6.51. The second-order valence-electron chi connectivity index (χ2n) is 7.65. The van der Waals surface area contributed by atoms with E-state index in [9.17, 15) is 19.1 Å². The summed E-state index contributed by atoms with van der Waals surface area (Å²) in [6.07, 6.45) is 0. The fraction of sp³-hybridized carbons (Fsp3) is 0.115. The number of halogens is 1. The summed E-state index contributed by atoms with van der Waals surface area (Å²) in [6.45, 7) is 3.41. The van der Waals surface area contributed by atoms with Crippen molar-refractivity contribution in [3.05, 3.63) is 106 Å². The molecule has 1 saturated heterocycles. The predicted molar refractivity (Wildman–Crippen MR) is 118 cm³/mol. The molecular weight excluding hydrogens is 407 g/mol. The number of ketones is 1. The number of rotatable bonds is 3. The van der Waals surface area contributed by atoms with Crippen LogP contribution in [0.1, 0.15) is 33.9 Å². The van der Waals surface area contributed by atoms with E-state index in [0.717, 1.165) is 5.56 Å². The van der Waals surface area contributed by atoms with Crippen molar-refractivity contribution in [3.8, 4) is 6.07 Å². The van der Waals surface area contributed by atoms with Crippen molar-refractivity contribution in [1.29, 1.82) is 5.26 Å². The van der Waals surface area contributed by atoms with E-state index in [1.807, 2.05) is 25.1 Å². The SMILES string of the molecule is Cc1cc(/C(O)=C2\C(=O)C(=O)N(c3ccc(C#N)cc3)C2c2ccccc2C)ccc1F. The fourth-order valence-corrected chi connectivity index (χ4v) is 3.93. The van der Waals surface area contributed by atoms with E-state index in [1.54, 1.807) is 43.3 Å². The number of Topliss-reactive ketones (excluding diaryl/α,β-unsaturated/α-hetero) is 1. The van der Waals surface area contributed by atoms with Gasteiger partial charge in [-0.3, -0.25) is 14.5 Å². The van der Waals surface area contributed by atoms with Crippen LogP contribution in [-0.4, -0.2) is 16.8 Å². The molecule has 3 aromatic carbocycles. The summed E-state index contributed by atoms with van der Waals surface area (Å²) in [5, 5.41) is 20.2. The molecule has 0 radical (unpaired) electrons. The molecule has 1 fully saturated rings. The number of nitrogens with zero attached hydrogens (tertiary/aromatic N) is 2. The third-order valence-corrected chi connectivity index (χ3v) is 5.63. The minimum Gasteiger partial charge on any atom is -0.507 e. The van der Waals surface area contributed by atoms with Crippen LogP contribution in [0.4, 0.5) is 10.1 Å². The number of aliphatic hydroxyl groups excluding tert-OH is 1. The normalized spacial score (nSPS) is 17.4. The van der Waals surface area contributed by atoms with Gasteiger partial charge in [-0.1, -0.05) is 24.3 Å². The Hall–Kier alpha value is -4.24. The van der Waals surface area contributed by atoms with Gasteiger partial charge in [0, 0.05) is 11.3 Å². The Bertz CT molecular complexity index is 1320. The Labute approximate surface area is 184 Å². The van der Waals surface area contributed by atoms with Crippen LogP contribution in [0.3, 0.4) is 0 Å². The molecule has 158 valence electrons. The number of aliphatic hydroxyl groups is 1. The molecule has 1 unspecified atom stereocenters. The fourth-order valence-electron chi connectivity index (χ4n) is 3.93. The molecule has 5 nitrogen and oxygen atoms in total. The Morgan fingerprint density at radius 3 is 2.31 bits per heavy atom. The molecule has 4 rings (SSSR count). The third kappa shape index (κ3) is 3.44. The lowest BCUT2D eigenvalue weighted by atomic mass is 9.92. The van der Waals surface area contributed by atoms with Crippen molar-refractivity contribution in [2.24, 2.45) is 0 Å². The number of aryl methyl sites for hydroxylation is 2. The maximum Gasteiger partial charge on any atom is 0.300 e. The first-order valence-corrected chi connectivity index (χ1v) is 9.96. The zero-order valence-corrected chi connectivity index (χ0v) is 17.5. The molecule has 0 saturated carbocycles. The Balaban J connectivity index is 1.97. The van der Waals surface area contributed by atoms with Crippen molar-refractivity contribution < 1.29 is 19.1 Å². The minimum absolute atomic E-state index is 0.0698. The molecule has 0 aromatic heterocycles. The summed E-state index contributed by atoms with van der Waals surface area (Å²) >= 11 is 0. The molecule has 6 heteroatoms. The van der Waals surface area contributed by atoms with Crippen LogP contribution in [-0.2, 0) is 9.59 Å². The van der Waals surface area contributed by atoms with Crippen LogP contribution < -0.4 is 4.90 Å². The van der Waals surface area contributed by atoms with Gasteiger partial charge in [0.1, 0.15) is 11.6 Å². The van der Waals surface area contributed by atoms with Crippen LogP contribution in [0.2, 0.25) is 0 Å². The second-order valence-corrected chi connectivity index (χ2v) is 7.65. The van der Waals surface area contributed by atoms with E-state index in [4.69, 9.17) is 5.26 Å². The molecule has 0 bridgehead atoms. The highest BCUT2D eigenvalue weighted by atomic mass is 19.1. The first kappa shape index (κ1) is 21.0. The molecule has 1 N–H and O–H groups in total. The molecule has 32 heavy (non-hydrogen) atoms. The van der Waals surface area contributed by atoms with Crippen molar-refractivity contribution >= 4 is 23.1 Å². The molecule has 1 aliphatic heterocycles. The number of hydrogen-bond donors (Lipinski definition) is 1. The Kier molecular flexibility index (Phi) is 5.33. The molecule has 1 heterocycles. The highest BCUT2D eigenvalue weighted by Crippen LogP contribution is 2.43. The van der Waals surface area contributed by atoms with E-state index in [0.29, 0.717) is 22.4 Å². The number of amides is 1. The van der Waals surface area contributed by atoms with Gasteiger partial charge in [0.05, 0.1) is 23.2 Å². The van der Waals surface area contributed by atoms with Gasteiger partial charge in [-0.25, -0.2) is 4.39 Å². The molecule has 1 atom stereocenters. The van der Waals surface area contributed by atoms with Crippen LogP contribution in [0.25, 0.3) is 5.76 Å². The number of carbonyl (C=O) groups excluding carboxylic acids is 2. The number of hydrogen-bond acceptors (Lipinski definition) is 4. The summed E-state index contributed by atoms with van der Waals surface area (Å²) in [6, 6.07) is 18.8. The van der Waals surface area contributed by atoms with E-state index in [1.165, 1.54) is 23.1 Å². The van der Waals surface area contributed by atoms with E-state index >= 15 is 0 Å². The maximum absolute atomic E-state index is 13.8. The van der Waals surface area contributed by atoms with Crippen LogP contribution in [0.15, 0.2) is 72.3 Å². The van der Waals surface area contributed by atoms with Crippen molar-refractivity contribution in [3.63, 3.8) is 0 Å². The van der Waals surface area contributed by atoms with Gasteiger partial charge in [-0.15, -0.1) is 0 Å². The van der Waals surface area contributed by atoms with Crippen LogP contribution in [0.5, 0.6) is 0 Å². The first-order valence-electron chi connectivity index (χ1n) is 9.96. The predicted octanol–water partition coefficient (Wildman–Crippen LogP) is 4.94. The lowest BCUT2D eigenvalue weighted by Crippen LogP contribution is -2.29. The van der Waals surface area contributed by atoms with Gasteiger partial charge in [-0.05, 0) is 73.0 Å². The summed E-state index contributed by atoms with van der Waals surface area (Å²) < 4.78 is 13.8. The quantitative estimate of drug-likeness (QED) is 0.365. The van der Waals surface area contributed by atoms with Gasteiger partial charge in [0.25, 0.3) is 11.7 Å². The van der Waals surface area contributed by atoms with E-state index < -0.39 is 23.5 Å². The second kappa shape index (κ2) is 8.12. The summed E-state index contributed by atoms with van der Waals surface area (Å²) in [4.78, 5) is 27.6. The lowest BCUT2D eigenvalue weighted by Gasteiger charge is -2.26. The number of carbonyl (C=O) groups is 2. The average Bonchev–Trinajstić information content (AvgIpc) is 3.06. The molecule has 1 amide bonds. The topological polar surface area (TPSA) is 81.4 Å². The van der Waals surface area contributed by atoms with Gasteiger partial charge < -0.3 is 5.11 Å². The van der Waals surface area contributed by atoms with Crippen molar-refractivity contribution in [2.75, 3.05) is 4.90 Å². The smallest absolute Gasteiger partial charge is 0.300 e. The zero-order valence-electron chi connectivity index (χ0n) is 17.5. The van der Waals surface area contributed by atoms with Gasteiger partial charge in [0.15, 0.2) is 0 Å². The molecule has 1 aliphatic rings. The zero-order chi connectivity index (χ0) is 23.0. The largest absolute Gasteiger partial charge is 0.507 e. The Morgan fingerprint density at radius 2 is 1.69 bits per heavy atom. The highest BCUT2D eigenvalue weighted by Gasteiger charge is 2.47. The average molecular weight is 426 g/mol. The van der Waals surface area contributed by atoms with Crippen molar-refractivity contribution in [1.82, 2.24) is 0 Å². The first-order chi connectivity index (χ1) is 15.3. The van der Waals surface area contributed by atoms with Gasteiger partial charge in [0.2, 0.25) is 0 Å². The standard InChI is InChI=1S/C26H19FN2O3/c1-15-5-3-4-6-20(15)23-22(24(30)18-9-12-21(27)16(2)13-18)25(31)26(32)29(23)19-10-7-17(14-28)8-11-19/h3-13,23,30H,1-2H3/b24-22+. The maximum atomic E-state index is 13.8. The number of nitriles is 1. The summed E-state index contributed by atoms with van der Waals surface area (Å²) in [7, 11) is 0. The van der Waals surface area contributed by atoms with Gasteiger partial charge >= 0.3 is 0 Å². The molecular formula is C26H19FN2O3. The minimum atomic E-state index is -0.880. The lowest BCUT2D eigenvalue weighted by molar-refractivity contribution is -0.132. The van der Waals surface area contributed by atoms with Gasteiger partial charge in [-0.2, -0.15) is 5.26 Å². The van der Waals surface area contributed by atoms with Crippen LogP contribution >= 0.6 is 0 Å². The van der Waals surface area contributed by atoms with Crippen molar-refractivity contribution in [2.45, 2.75) is 19.9 Å². The number of benzene rings is 3. The van der Waals surface area contributed by atoms with Crippen LogP contribution in [0, 0.1) is 31.0 Å². The number of anilines is 1. The molecule has 3 aromatic rings.